The quantitative estimate of drug-likeness (QED) is 0.288. The third-order valence-electron chi connectivity index (χ3n) is 1.91. The van der Waals surface area contributed by atoms with Gasteiger partial charge in [0.2, 0.25) is 0 Å². The Morgan fingerprint density at radius 3 is 1.80 bits per heavy atom. The van der Waals surface area contributed by atoms with E-state index in [-0.39, 0.29) is 0 Å². The minimum absolute atomic E-state index is 0.664. The highest BCUT2D eigenvalue weighted by Gasteiger charge is 2.46. The number of carbonyl (C=O) groups is 2. The molecule has 0 saturated carbocycles. The predicted molar refractivity (Wildman–Crippen MR) is 43.9 cm³/mol. The highest BCUT2D eigenvalue weighted by molar-refractivity contribution is 5.78. The van der Waals surface area contributed by atoms with Crippen LogP contribution >= 0.6 is 0 Å². The summed E-state index contributed by atoms with van der Waals surface area (Å²) in [6, 6.07) is 0. The minimum atomic E-state index is -2.75. The molecule has 0 aromatic carbocycles. The fraction of sp³-hybridized carbons (Fsp3) is 0.714. The van der Waals surface area contributed by atoms with Crippen LogP contribution in [0.15, 0.2) is 0 Å². The van der Waals surface area contributed by atoms with E-state index in [1.54, 1.807) is 0 Å². The average Bonchev–Trinajstić information content (AvgIpc) is 2.13. The van der Waals surface area contributed by atoms with Gasteiger partial charge in [0.05, 0.1) is 0 Å². The van der Waals surface area contributed by atoms with Gasteiger partial charge in [0, 0.05) is 0 Å². The molecule has 0 bridgehead atoms. The fourth-order valence-corrected chi connectivity index (χ4v) is 0.778. The second-order valence-corrected chi connectivity index (χ2v) is 3.17. The molecule has 0 saturated heterocycles. The van der Waals surface area contributed by atoms with Crippen LogP contribution in [0.25, 0.3) is 0 Å². The molecule has 0 spiro atoms. The molecule has 8 nitrogen and oxygen atoms in total. The summed E-state index contributed by atoms with van der Waals surface area (Å²) in [5, 5.41) is 52.8. The van der Waals surface area contributed by atoms with Crippen molar-refractivity contribution in [2.45, 2.75) is 30.8 Å². The van der Waals surface area contributed by atoms with Gasteiger partial charge in [-0.25, -0.2) is 9.59 Å². The van der Waals surface area contributed by atoms with Crippen molar-refractivity contribution >= 4 is 11.9 Å². The Kier molecular flexibility index (Phi) is 4.16. The Balaban J connectivity index is 4.78. The Labute approximate surface area is 84.0 Å². The Hall–Kier alpha value is -1.22. The van der Waals surface area contributed by atoms with Crippen molar-refractivity contribution in [3.63, 3.8) is 0 Å². The van der Waals surface area contributed by atoms with Crippen LogP contribution in [-0.2, 0) is 9.59 Å². The number of aliphatic hydroxyl groups excluding tert-OH is 3. The number of aliphatic hydroxyl groups is 4. The average molecular weight is 224 g/mol. The molecule has 0 aliphatic heterocycles. The van der Waals surface area contributed by atoms with Crippen LogP contribution in [-0.4, -0.2) is 66.5 Å². The molecule has 0 aromatic rings. The monoisotopic (exact) mass is 224 g/mol. The van der Waals surface area contributed by atoms with Crippen molar-refractivity contribution in [2.24, 2.45) is 0 Å². The summed E-state index contributed by atoms with van der Waals surface area (Å²) in [6.45, 7) is 0.664. The lowest BCUT2D eigenvalue weighted by Crippen LogP contribution is -2.56. The number of aliphatic carboxylic acids is 2. The molecule has 0 rings (SSSR count). The van der Waals surface area contributed by atoms with Gasteiger partial charge in [-0.1, -0.05) is 0 Å². The SMILES string of the molecule is C[C@](O)(C(=O)O)[C@H](O)[C@@H](O)[C@H](O)C(=O)O. The highest BCUT2D eigenvalue weighted by atomic mass is 16.4. The normalized spacial score (nSPS) is 21.1. The number of carboxylic acid groups (broad SMARTS) is 2. The molecular formula is C7H12O8. The highest BCUT2D eigenvalue weighted by Crippen LogP contribution is 2.16. The van der Waals surface area contributed by atoms with Gasteiger partial charge in [-0.15, -0.1) is 0 Å². The number of hydrogen-bond acceptors (Lipinski definition) is 6. The van der Waals surface area contributed by atoms with Crippen LogP contribution in [0.1, 0.15) is 6.92 Å². The van der Waals surface area contributed by atoms with E-state index < -0.39 is 35.9 Å². The number of carboxylic acids is 2. The van der Waals surface area contributed by atoms with Crippen molar-refractivity contribution < 1.29 is 40.2 Å². The zero-order valence-electron chi connectivity index (χ0n) is 7.73. The molecule has 6 N–H and O–H groups in total. The van der Waals surface area contributed by atoms with Crippen LogP contribution < -0.4 is 0 Å². The van der Waals surface area contributed by atoms with Gasteiger partial charge < -0.3 is 30.6 Å². The summed E-state index contributed by atoms with van der Waals surface area (Å²) in [7, 11) is 0. The van der Waals surface area contributed by atoms with Gasteiger partial charge in [0.1, 0.15) is 12.2 Å². The summed E-state index contributed by atoms with van der Waals surface area (Å²) in [4.78, 5) is 20.6. The van der Waals surface area contributed by atoms with Crippen LogP contribution in [0.2, 0.25) is 0 Å². The molecular weight excluding hydrogens is 212 g/mol. The topological polar surface area (TPSA) is 156 Å². The third-order valence-corrected chi connectivity index (χ3v) is 1.91. The first-order valence-corrected chi connectivity index (χ1v) is 3.85. The van der Waals surface area contributed by atoms with E-state index in [9.17, 15) is 9.59 Å². The Morgan fingerprint density at radius 1 is 1.13 bits per heavy atom. The van der Waals surface area contributed by atoms with Crippen molar-refractivity contribution in [3.8, 4) is 0 Å². The van der Waals surface area contributed by atoms with Crippen molar-refractivity contribution in [1.82, 2.24) is 0 Å². The van der Waals surface area contributed by atoms with E-state index in [1.807, 2.05) is 0 Å². The third kappa shape index (κ3) is 2.86. The zero-order valence-corrected chi connectivity index (χ0v) is 7.73. The van der Waals surface area contributed by atoms with Crippen LogP contribution in [0.4, 0.5) is 0 Å². The van der Waals surface area contributed by atoms with E-state index in [4.69, 9.17) is 30.6 Å². The second kappa shape index (κ2) is 4.53. The largest absolute Gasteiger partial charge is 0.479 e. The van der Waals surface area contributed by atoms with Gasteiger partial charge in [-0.05, 0) is 6.92 Å². The molecule has 0 radical (unpaired) electrons. The number of rotatable bonds is 5. The molecule has 0 fully saturated rings. The first-order chi connectivity index (χ1) is 6.62. The molecule has 0 aliphatic carbocycles. The van der Waals surface area contributed by atoms with Gasteiger partial charge in [0.25, 0.3) is 0 Å². The van der Waals surface area contributed by atoms with Crippen LogP contribution in [0.5, 0.6) is 0 Å². The summed E-state index contributed by atoms with van der Waals surface area (Å²) in [6.07, 6.45) is -7.03. The Bertz CT molecular complexity index is 260. The van der Waals surface area contributed by atoms with Crippen molar-refractivity contribution in [3.05, 3.63) is 0 Å². The smallest absolute Gasteiger partial charge is 0.338 e. The van der Waals surface area contributed by atoms with E-state index in [1.165, 1.54) is 0 Å². The van der Waals surface area contributed by atoms with Crippen molar-refractivity contribution in [1.29, 1.82) is 0 Å². The number of hydrogen-bond donors (Lipinski definition) is 6. The molecule has 4 atom stereocenters. The van der Waals surface area contributed by atoms with Crippen molar-refractivity contribution in [2.75, 3.05) is 0 Å². The van der Waals surface area contributed by atoms with Gasteiger partial charge in [-0.2, -0.15) is 0 Å². The summed E-state index contributed by atoms with van der Waals surface area (Å²) in [5.74, 6) is -3.70. The first-order valence-electron chi connectivity index (χ1n) is 3.85. The molecule has 0 amide bonds. The van der Waals surface area contributed by atoms with Crippen LogP contribution in [0, 0.1) is 0 Å². The van der Waals surface area contributed by atoms with Gasteiger partial charge >= 0.3 is 11.9 Å². The first kappa shape index (κ1) is 13.8. The van der Waals surface area contributed by atoms with E-state index in [0.717, 1.165) is 0 Å². The fourth-order valence-electron chi connectivity index (χ4n) is 0.778. The minimum Gasteiger partial charge on any atom is -0.479 e. The molecule has 0 aromatic heterocycles. The summed E-state index contributed by atoms with van der Waals surface area (Å²) in [5.41, 5.74) is -2.75. The summed E-state index contributed by atoms with van der Waals surface area (Å²) >= 11 is 0. The van der Waals surface area contributed by atoms with Gasteiger partial charge in [0.15, 0.2) is 11.7 Å². The lowest BCUT2D eigenvalue weighted by molar-refractivity contribution is -0.190. The molecule has 0 heterocycles. The predicted octanol–water partition coefficient (Wildman–Crippen LogP) is -3.01. The molecule has 88 valence electrons. The lowest BCUT2D eigenvalue weighted by Gasteiger charge is -2.29. The van der Waals surface area contributed by atoms with Gasteiger partial charge in [-0.3, -0.25) is 0 Å². The summed E-state index contributed by atoms with van der Waals surface area (Å²) < 4.78 is 0. The second-order valence-electron chi connectivity index (χ2n) is 3.17. The van der Waals surface area contributed by atoms with Crippen LogP contribution in [0.3, 0.4) is 0 Å². The molecule has 8 heteroatoms. The molecule has 0 aliphatic rings. The van der Waals surface area contributed by atoms with E-state index in [0.29, 0.717) is 6.92 Å². The van der Waals surface area contributed by atoms with E-state index >= 15 is 0 Å². The van der Waals surface area contributed by atoms with E-state index in [2.05, 4.69) is 0 Å². The maximum absolute atomic E-state index is 10.4. The molecule has 0 unspecified atom stereocenters. The standard InChI is InChI=1S/C7H12O8/c1-7(15,6(13)14)4(10)2(8)3(9)5(11)12/h2-4,8-10,15H,1H3,(H,11,12)(H,13,14)/t2-,3-,4+,7+/m0/s1. The molecule has 15 heavy (non-hydrogen) atoms. The maximum atomic E-state index is 10.4. The Morgan fingerprint density at radius 2 is 1.53 bits per heavy atom. The zero-order chi connectivity index (χ0) is 12.4. The maximum Gasteiger partial charge on any atom is 0.338 e. The lowest BCUT2D eigenvalue weighted by atomic mass is 9.92.